The van der Waals surface area contributed by atoms with Crippen LogP contribution in [-0.2, 0) is 11.2 Å². The molecule has 1 aromatic rings. The highest BCUT2D eigenvalue weighted by atomic mass is 35.5. The van der Waals surface area contributed by atoms with Crippen LogP contribution >= 0.6 is 23.4 Å². The molecule has 76 valence electrons. The molecule has 0 unspecified atom stereocenters. The van der Waals surface area contributed by atoms with Crippen molar-refractivity contribution in [1.29, 1.82) is 0 Å². The van der Waals surface area contributed by atoms with Crippen molar-refractivity contribution < 1.29 is 4.79 Å². The lowest BCUT2D eigenvalue weighted by atomic mass is 10.1. The van der Waals surface area contributed by atoms with Crippen molar-refractivity contribution in [2.24, 2.45) is 0 Å². The van der Waals surface area contributed by atoms with E-state index in [1.807, 2.05) is 24.5 Å². The molecule has 0 aliphatic carbocycles. The first-order valence-electron chi connectivity index (χ1n) is 4.17. The summed E-state index contributed by atoms with van der Waals surface area (Å²) in [6.07, 6.45) is 2.31. The largest absolute Gasteiger partial charge is 0.398 e. The molecule has 2 N–H and O–H groups in total. The molecule has 0 aromatic heterocycles. The van der Waals surface area contributed by atoms with Gasteiger partial charge in [0.05, 0.1) is 5.88 Å². The molecule has 4 heteroatoms. The van der Waals surface area contributed by atoms with Gasteiger partial charge in [0.2, 0.25) is 0 Å². The second-order valence-corrected chi connectivity index (χ2v) is 4.06. The van der Waals surface area contributed by atoms with Crippen LogP contribution in [0.3, 0.4) is 0 Å². The molecule has 2 nitrogen and oxygen atoms in total. The zero-order chi connectivity index (χ0) is 10.6. The van der Waals surface area contributed by atoms with Crippen molar-refractivity contribution >= 4 is 34.8 Å². The van der Waals surface area contributed by atoms with Gasteiger partial charge in [-0.05, 0) is 24.0 Å². The van der Waals surface area contributed by atoms with E-state index in [-0.39, 0.29) is 11.7 Å². The van der Waals surface area contributed by atoms with Crippen molar-refractivity contribution in [1.82, 2.24) is 0 Å². The number of nitrogens with two attached hydrogens (primary N) is 1. The van der Waals surface area contributed by atoms with Gasteiger partial charge in [0, 0.05) is 17.0 Å². The number of halogens is 1. The van der Waals surface area contributed by atoms with Crippen molar-refractivity contribution in [2.75, 3.05) is 17.9 Å². The Morgan fingerprint density at radius 2 is 2.29 bits per heavy atom. The van der Waals surface area contributed by atoms with E-state index in [1.54, 1.807) is 11.8 Å². The number of hydrogen-bond donors (Lipinski definition) is 1. The first-order valence-corrected chi connectivity index (χ1v) is 5.93. The monoisotopic (exact) mass is 229 g/mol. The molecule has 0 bridgehead atoms. The molecular formula is C10H12ClNOS. The first kappa shape index (κ1) is 11.4. The number of rotatable bonds is 4. The zero-order valence-corrected chi connectivity index (χ0v) is 9.49. The maximum atomic E-state index is 11.1. The molecule has 14 heavy (non-hydrogen) atoms. The lowest BCUT2D eigenvalue weighted by Gasteiger charge is -2.05. The standard InChI is InChI=1S/C10H12ClNOS/c1-14-9-3-2-7(10(12)5-9)4-8(13)6-11/h2-3,5H,4,6,12H2,1H3. The highest BCUT2D eigenvalue weighted by Gasteiger charge is 2.05. The van der Waals surface area contributed by atoms with Crippen LogP contribution in [0.25, 0.3) is 0 Å². The van der Waals surface area contributed by atoms with Crippen LogP contribution in [0, 0.1) is 0 Å². The summed E-state index contributed by atoms with van der Waals surface area (Å²) in [4.78, 5) is 12.2. The summed E-state index contributed by atoms with van der Waals surface area (Å²) in [7, 11) is 0. The number of carbonyl (C=O) groups excluding carboxylic acids is 1. The van der Waals surface area contributed by atoms with Crippen LogP contribution < -0.4 is 5.73 Å². The second kappa shape index (κ2) is 5.27. The number of hydrogen-bond acceptors (Lipinski definition) is 3. The molecule has 0 fully saturated rings. The predicted molar refractivity (Wildman–Crippen MR) is 62.1 cm³/mol. The van der Waals surface area contributed by atoms with Crippen molar-refractivity contribution in [3.63, 3.8) is 0 Å². The fraction of sp³-hybridized carbons (Fsp3) is 0.300. The maximum Gasteiger partial charge on any atom is 0.152 e. The third kappa shape index (κ3) is 2.93. The summed E-state index contributed by atoms with van der Waals surface area (Å²) in [6, 6.07) is 5.71. The summed E-state index contributed by atoms with van der Waals surface area (Å²) in [5.74, 6) is 0.0410. The van der Waals surface area contributed by atoms with E-state index in [2.05, 4.69) is 0 Å². The minimum atomic E-state index is -0.00438. The average Bonchev–Trinajstić information content (AvgIpc) is 2.20. The third-order valence-electron chi connectivity index (χ3n) is 1.89. The van der Waals surface area contributed by atoms with Crippen molar-refractivity contribution in [2.45, 2.75) is 11.3 Å². The average molecular weight is 230 g/mol. The van der Waals surface area contributed by atoms with Gasteiger partial charge < -0.3 is 5.73 Å². The van der Waals surface area contributed by atoms with E-state index in [0.29, 0.717) is 12.1 Å². The molecule has 1 rings (SSSR count). The Hall–Kier alpha value is -0.670. The number of Topliss-reactive ketones (excluding diaryl/α,β-unsaturated/α-hetero) is 1. The zero-order valence-electron chi connectivity index (χ0n) is 7.92. The Kier molecular flexibility index (Phi) is 4.29. The molecule has 0 heterocycles. The van der Waals surface area contributed by atoms with Crippen LogP contribution in [0.4, 0.5) is 5.69 Å². The van der Waals surface area contributed by atoms with Gasteiger partial charge in [-0.1, -0.05) is 6.07 Å². The number of thioether (sulfide) groups is 1. The lowest BCUT2D eigenvalue weighted by molar-refractivity contribution is -0.116. The topological polar surface area (TPSA) is 43.1 Å². The number of nitrogen functional groups attached to an aromatic ring is 1. The normalized spacial score (nSPS) is 10.1. The third-order valence-corrected chi connectivity index (χ3v) is 2.91. The summed E-state index contributed by atoms with van der Waals surface area (Å²) < 4.78 is 0. The molecular weight excluding hydrogens is 218 g/mol. The molecule has 0 aliphatic rings. The number of ketones is 1. The van der Waals surface area contributed by atoms with E-state index < -0.39 is 0 Å². The molecule has 0 radical (unpaired) electrons. The van der Waals surface area contributed by atoms with Crippen molar-refractivity contribution in [3.8, 4) is 0 Å². The minimum Gasteiger partial charge on any atom is -0.398 e. The van der Waals surface area contributed by atoms with Crippen LogP contribution in [0.1, 0.15) is 5.56 Å². The SMILES string of the molecule is CSc1ccc(CC(=O)CCl)c(N)c1. The minimum absolute atomic E-state index is 0.00438. The van der Waals surface area contributed by atoms with Gasteiger partial charge in [-0.2, -0.15) is 0 Å². The molecule has 0 aliphatic heterocycles. The molecule has 0 atom stereocenters. The van der Waals surface area contributed by atoms with Gasteiger partial charge in [-0.3, -0.25) is 4.79 Å². The fourth-order valence-electron chi connectivity index (χ4n) is 1.12. The van der Waals surface area contributed by atoms with Crippen LogP contribution in [0.15, 0.2) is 23.1 Å². The molecule has 0 saturated heterocycles. The van der Waals surface area contributed by atoms with Gasteiger partial charge in [-0.25, -0.2) is 0 Å². The van der Waals surface area contributed by atoms with Crippen LogP contribution in [-0.4, -0.2) is 17.9 Å². The maximum absolute atomic E-state index is 11.1. The van der Waals surface area contributed by atoms with Gasteiger partial charge in [0.15, 0.2) is 5.78 Å². The summed E-state index contributed by atoms with van der Waals surface area (Å²) >= 11 is 7.04. The smallest absolute Gasteiger partial charge is 0.152 e. The van der Waals surface area contributed by atoms with E-state index in [4.69, 9.17) is 17.3 Å². The first-order chi connectivity index (χ1) is 6.67. The summed E-state index contributed by atoms with van der Waals surface area (Å²) in [5, 5.41) is 0. The second-order valence-electron chi connectivity index (χ2n) is 2.91. The Balaban J connectivity index is 2.83. The van der Waals surface area contributed by atoms with Gasteiger partial charge >= 0.3 is 0 Å². The number of carbonyl (C=O) groups is 1. The lowest BCUT2D eigenvalue weighted by Crippen LogP contribution is -2.06. The molecule has 0 saturated carbocycles. The molecule has 0 amide bonds. The Morgan fingerprint density at radius 1 is 1.57 bits per heavy atom. The Morgan fingerprint density at radius 3 is 2.79 bits per heavy atom. The highest BCUT2D eigenvalue weighted by Crippen LogP contribution is 2.21. The highest BCUT2D eigenvalue weighted by molar-refractivity contribution is 7.98. The van der Waals surface area contributed by atoms with E-state index >= 15 is 0 Å². The van der Waals surface area contributed by atoms with Gasteiger partial charge in [0.25, 0.3) is 0 Å². The van der Waals surface area contributed by atoms with E-state index in [0.717, 1.165) is 10.5 Å². The fourth-order valence-corrected chi connectivity index (χ4v) is 1.66. The summed E-state index contributed by atoms with van der Waals surface area (Å²) in [5.41, 5.74) is 7.31. The number of anilines is 1. The van der Waals surface area contributed by atoms with E-state index in [1.165, 1.54) is 0 Å². The quantitative estimate of drug-likeness (QED) is 0.490. The Bertz CT molecular complexity index is 341. The van der Waals surface area contributed by atoms with E-state index in [9.17, 15) is 4.79 Å². The Labute approximate surface area is 92.8 Å². The van der Waals surface area contributed by atoms with Crippen LogP contribution in [0.2, 0.25) is 0 Å². The summed E-state index contributed by atoms with van der Waals surface area (Å²) in [6.45, 7) is 0. The predicted octanol–water partition coefficient (Wildman–Crippen LogP) is 2.34. The van der Waals surface area contributed by atoms with Gasteiger partial charge in [-0.15, -0.1) is 23.4 Å². The van der Waals surface area contributed by atoms with Crippen LogP contribution in [0.5, 0.6) is 0 Å². The van der Waals surface area contributed by atoms with Crippen molar-refractivity contribution in [3.05, 3.63) is 23.8 Å². The number of alkyl halides is 1. The van der Waals surface area contributed by atoms with Gasteiger partial charge in [0.1, 0.15) is 0 Å². The number of benzene rings is 1. The molecule has 0 spiro atoms. The molecule has 1 aromatic carbocycles.